The lowest BCUT2D eigenvalue weighted by Gasteiger charge is -2.18. The molecular formula is C11H14ClN3O2. The highest BCUT2D eigenvalue weighted by molar-refractivity contribution is 6.33. The zero-order valence-corrected chi connectivity index (χ0v) is 10.1. The summed E-state index contributed by atoms with van der Waals surface area (Å²) < 4.78 is 4.72. The van der Waals surface area contributed by atoms with Crippen LogP contribution in [0.2, 0.25) is 0 Å². The molecule has 0 radical (unpaired) electrons. The van der Waals surface area contributed by atoms with Crippen molar-refractivity contribution < 1.29 is 9.53 Å². The summed E-state index contributed by atoms with van der Waals surface area (Å²) in [5.74, 6) is 5.04. The van der Waals surface area contributed by atoms with Crippen LogP contribution in [0.3, 0.4) is 0 Å². The number of halogens is 1. The van der Waals surface area contributed by atoms with Gasteiger partial charge in [0.2, 0.25) is 0 Å². The highest BCUT2D eigenvalue weighted by Crippen LogP contribution is 2.18. The summed E-state index contributed by atoms with van der Waals surface area (Å²) in [6, 6.07) is 8.89. The summed E-state index contributed by atoms with van der Waals surface area (Å²) in [6.45, 7) is 1.90. The van der Waals surface area contributed by atoms with E-state index in [0.29, 0.717) is 5.69 Å². The first kappa shape index (κ1) is 13.3. The van der Waals surface area contributed by atoms with E-state index in [-0.39, 0.29) is 17.5 Å². The first-order valence-corrected chi connectivity index (χ1v) is 5.38. The van der Waals surface area contributed by atoms with E-state index >= 15 is 0 Å². The number of rotatable bonds is 4. The van der Waals surface area contributed by atoms with Crippen LogP contribution in [-0.4, -0.2) is 12.6 Å². The van der Waals surface area contributed by atoms with Crippen LogP contribution < -0.4 is 16.6 Å². The third kappa shape index (κ3) is 3.37. The molecule has 17 heavy (non-hydrogen) atoms. The molecule has 0 aliphatic rings. The fourth-order valence-electron chi connectivity index (χ4n) is 1.12. The molecule has 0 aromatic heterocycles. The number of hydrogen-bond donors (Lipinski definition) is 2. The lowest BCUT2D eigenvalue weighted by molar-refractivity contribution is -0.138. The van der Waals surface area contributed by atoms with E-state index < -0.39 is 5.97 Å². The van der Waals surface area contributed by atoms with Crippen LogP contribution in [0.4, 0.5) is 5.69 Å². The monoisotopic (exact) mass is 255 g/mol. The maximum Gasteiger partial charge on any atom is 0.357 e. The number of benzene rings is 1. The number of nitrogens with zero attached hydrogens (tertiary/aromatic N) is 1. The number of ether oxygens (including phenoxy) is 1. The Labute approximate surface area is 105 Å². The van der Waals surface area contributed by atoms with Crippen molar-refractivity contribution in [2.24, 2.45) is 11.6 Å². The molecule has 6 heteroatoms. The van der Waals surface area contributed by atoms with Gasteiger partial charge in [0.05, 0.1) is 12.3 Å². The average molecular weight is 256 g/mol. The Morgan fingerprint density at radius 3 is 2.53 bits per heavy atom. The fourth-order valence-corrected chi connectivity index (χ4v) is 1.30. The Bertz CT molecular complexity index is 420. The van der Waals surface area contributed by atoms with Crippen molar-refractivity contribution >= 4 is 23.3 Å². The van der Waals surface area contributed by atoms with Crippen molar-refractivity contribution in [3.8, 4) is 0 Å². The Morgan fingerprint density at radius 2 is 2.00 bits per heavy atom. The van der Waals surface area contributed by atoms with Crippen LogP contribution in [0.1, 0.15) is 6.92 Å². The van der Waals surface area contributed by atoms with Crippen molar-refractivity contribution in [2.45, 2.75) is 6.92 Å². The molecule has 0 amide bonds. The molecule has 5 nitrogen and oxygen atoms in total. The minimum atomic E-state index is -0.691. The molecule has 0 saturated carbocycles. The van der Waals surface area contributed by atoms with Gasteiger partial charge in [0, 0.05) is 0 Å². The molecule has 92 valence electrons. The summed E-state index contributed by atoms with van der Waals surface area (Å²) in [4.78, 5) is 11.3. The van der Waals surface area contributed by atoms with Gasteiger partial charge in [0.1, 0.15) is 0 Å². The summed E-state index contributed by atoms with van der Waals surface area (Å²) >= 11 is 5.90. The highest BCUT2D eigenvalue weighted by Gasteiger charge is 2.16. The number of anilines is 1. The summed E-state index contributed by atoms with van der Waals surface area (Å²) in [5, 5.41) is 1.04. The van der Waals surface area contributed by atoms with Gasteiger partial charge < -0.3 is 10.5 Å². The molecule has 0 spiro atoms. The molecular weight excluding hydrogens is 242 g/mol. The third-order valence-electron chi connectivity index (χ3n) is 1.96. The maximum atomic E-state index is 11.3. The summed E-state index contributed by atoms with van der Waals surface area (Å²) in [5.41, 5.74) is 5.93. The van der Waals surface area contributed by atoms with Crippen molar-refractivity contribution in [3.63, 3.8) is 0 Å². The zero-order valence-electron chi connectivity index (χ0n) is 9.39. The van der Waals surface area contributed by atoms with Gasteiger partial charge in [-0.1, -0.05) is 29.8 Å². The van der Waals surface area contributed by atoms with Gasteiger partial charge in [-0.25, -0.2) is 10.6 Å². The number of para-hydroxylation sites is 1. The predicted molar refractivity (Wildman–Crippen MR) is 66.8 cm³/mol. The van der Waals surface area contributed by atoms with Crippen molar-refractivity contribution in [1.29, 1.82) is 0 Å². The lowest BCUT2D eigenvalue weighted by Crippen LogP contribution is -2.32. The molecule has 4 N–H and O–H groups in total. The Morgan fingerprint density at radius 1 is 1.41 bits per heavy atom. The highest BCUT2D eigenvalue weighted by atomic mass is 35.5. The number of esters is 1. The van der Waals surface area contributed by atoms with E-state index in [0.717, 1.165) is 5.01 Å². The quantitative estimate of drug-likeness (QED) is 0.279. The smallest absolute Gasteiger partial charge is 0.357 e. The fraction of sp³-hybridized carbons (Fsp3) is 0.182. The van der Waals surface area contributed by atoms with E-state index in [4.69, 9.17) is 27.9 Å². The van der Waals surface area contributed by atoms with Gasteiger partial charge >= 0.3 is 5.97 Å². The number of hydrazine groups is 1. The number of carbonyl (C=O) groups excluding carboxylic acids is 1. The standard InChI is InChI=1S/C11H14ClN3O2/c1-2-17-11(16)9(13)10(12)15(14)8-6-4-3-5-7-8/h3-7H,2,13-14H2,1H3/b10-9-. The average Bonchev–Trinajstić information content (AvgIpc) is 2.37. The van der Waals surface area contributed by atoms with Gasteiger partial charge in [-0.2, -0.15) is 0 Å². The van der Waals surface area contributed by atoms with Gasteiger partial charge in [-0.05, 0) is 19.1 Å². The number of hydrogen-bond acceptors (Lipinski definition) is 5. The van der Waals surface area contributed by atoms with Gasteiger partial charge in [0.15, 0.2) is 10.9 Å². The Hall–Kier alpha value is -1.72. The van der Waals surface area contributed by atoms with Crippen LogP contribution in [-0.2, 0) is 9.53 Å². The van der Waals surface area contributed by atoms with E-state index in [1.54, 1.807) is 31.2 Å². The van der Waals surface area contributed by atoms with Crippen molar-refractivity contribution in [3.05, 3.63) is 41.2 Å². The second kappa shape index (κ2) is 6.12. The molecule has 0 bridgehead atoms. The molecule has 0 fully saturated rings. The molecule has 1 aromatic rings. The Balaban J connectivity index is 2.92. The van der Waals surface area contributed by atoms with Crippen LogP contribution in [0.15, 0.2) is 41.2 Å². The maximum absolute atomic E-state index is 11.3. The second-order valence-electron chi connectivity index (χ2n) is 3.13. The molecule has 1 aromatic carbocycles. The summed E-state index contributed by atoms with van der Waals surface area (Å²) in [7, 11) is 0. The van der Waals surface area contributed by atoms with E-state index in [1.165, 1.54) is 0 Å². The third-order valence-corrected chi connectivity index (χ3v) is 2.35. The first-order chi connectivity index (χ1) is 8.07. The zero-order chi connectivity index (χ0) is 12.8. The minimum Gasteiger partial charge on any atom is -0.461 e. The molecule has 0 saturated heterocycles. The second-order valence-corrected chi connectivity index (χ2v) is 3.49. The normalized spacial score (nSPS) is 11.7. The predicted octanol–water partition coefficient (Wildman–Crippen LogP) is 1.30. The number of carbonyl (C=O) groups is 1. The number of nitrogens with two attached hydrogens (primary N) is 2. The van der Waals surface area contributed by atoms with E-state index in [1.807, 2.05) is 6.07 Å². The minimum absolute atomic E-state index is 0.0744. The van der Waals surface area contributed by atoms with Crippen LogP contribution in [0, 0.1) is 0 Å². The van der Waals surface area contributed by atoms with Crippen LogP contribution in [0.25, 0.3) is 0 Å². The van der Waals surface area contributed by atoms with E-state index in [2.05, 4.69) is 0 Å². The van der Waals surface area contributed by atoms with E-state index in [9.17, 15) is 4.79 Å². The Kier molecular flexibility index (Phi) is 4.81. The molecule has 0 heterocycles. The summed E-state index contributed by atoms with van der Waals surface area (Å²) in [6.07, 6.45) is 0. The molecule has 0 aliphatic heterocycles. The topological polar surface area (TPSA) is 81.6 Å². The van der Waals surface area contributed by atoms with Gasteiger partial charge in [-0.3, -0.25) is 5.01 Å². The first-order valence-electron chi connectivity index (χ1n) is 5.00. The van der Waals surface area contributed by atoms with Crippen LogP contribution >= 0.6 is 11.6 Å². The lowest BCUT2D eigenvalue weighted by atomic mass is 10.3. The van der Waals surface area contributed by atoms with Crippen molar-refractivity contribution in [2.75, 3.05) is 11.6 Å². The molecule has 1 rings (SSSR count). The SMILES string of the molecule is CCOC(=O)/C(N)=C(\Cl)N(N)c1ccccc1. The van der Waals surface area contributed by atoms with Gasteiger partial charge in [0.25, 0.3) is 0 Å². The molecule has 0 atom stereocenters. The molecule has 0 aliphatic carbocycles. The van der Waals surface area contributed by atoms with Crippen LogP contribution in [0.5, 0.6) is 0 Å². The van der Waals surface area contributed by atoms with Crippen molar-refractivity contribution in [1.82, 2.24) is 0 Å². The largest absolute Gasteiger partial charge is 0.461 e. The van der Waals surface area contributed by atoms with Gasteiger partial charge in [-0.15, -0.1) is 0 Å². The molecule has 0 unspecified atom stereocenters.